The number of aromatic nitrogens is 1. The molecular formula is C21H24ClN3O3. The van der Waals surface area contributed by atoms with Gasteiger partial charge in [0.05, 0.1) is 18.8 Å². The Bertz CT molecular complexity index is 804. The summed E-state index contributed by atoms with van der Waals surface area (Å²) >= 11 is 6.34. The van der Waals surface area contributed by atoms with Crippen LogP contribution in [0.3, 0.4) is 0 Å². The monoisotopic (exact) mass is 401 g/mol. The zero-order valence-electron chi connectivity index (χ0n) is 15.7. The summed E-state index contributed by atoms with van der Waals surface area (Å²) < 4.78 is 11.2. The molecule has 1 aromatic carbocycles. The first kappa shape index (κ1) is 19.0. The molecule has 4 rings (SSSR count). The first-order valence-corrected chi connectivity index (χ1v) is 10.1. The number of ether oxygens (including phenoxy) is 2. The highest BCUT2D eigenvalue weighted by Gasteiger charge is 2.24. The van der Waals surface area contributed by atoms with Gasteiger partial charge in [-0.1, -0.05) is 29.8 Å². The third kappa shape index (κ3) is 4.39. The molecule has 148 valence electrons. The molecule has 2 saturated heterocycles. The Kier molecular flexibility index (Phi) is 5.98. The standard InChI is InChI=1S/C21H24ClN3O3/c22-19-14-16(15-23-20(19)28-18-6-12-27-13-7-18)21(26)25-10-8-24(9-11-25)17-4-2-1-3-5-17/h1-5,14-15,18H,6-13H2. The van der Waals surface area contributed by atoms with E-state index < -0.39 is 0 Å². The van der Waals surface area contributed by atoms with Crippen molar-refractivity contribution in [2.24, 2.45) is 0 Å². The minimum atomic E-state index is -0.0419. The van der Waals surface area contributed by atoms with Crippen molar-refractivity contribution >= 4 is 23.2 Å². The SMILES string of the molecule is O=C(c1cnc(OC2CCOCC2)c(Cl)c1)N1CCN(c2ccccc2)CC1. The van der Waals surface area contributed by atoms with E-state index in [1.54, 1.807) is 12.3 Å². The first-order chi connectivity index (χ1) is 13.7. The number of nitrogens with zero attached hydrogens (tertiary/aromatic N) is 3. The molecule has 0 saturated carbocycles. The van der Waals surface area contributed by atoms with Gasteiger partial charge in [-0.25, -0.2) is 4.98 Å². The first-order valence-electron chi connectivity index (χ1n) is 9.70. The Morgan fingerprint density at radius 1 is 1.11 bits per heavy atom. The van der Waals surface area contributed by atoms with Crippen LogP contribution in [0.2, 0.25) is 5.02 Å². The summed E-state index contributed by atoms with van der Waals surface area (Å²) in [6.07, 6.45) is 3.27. The molecule has 3 heterocycles. The van der Waals surface area contributed by atoms with E-state index >= 15 is 0 Å². The van der Waals surface area contributed by atoms with Crippen molar-refractivity contribution in [2.75, 3.05) is 44.3 Å². The molecule has 7 heteroatoms. The summed E-state index contributed by atoms with van der Waals surface area (Å²) in [5.41, 5.74) is 1.69. The smallest absolute Gasteiger partial charge is 0.255 e. The molecule has 6 nitrogen and oxygen atoms in total. The lowest BCUT2D eigenvalue weighted by molar-refractivity contribution is 0.0238. The van der Waals surface area contributed by atoms with Gasteiger partial charge in [-0.15, -0.1) is 0 Å². The van der Waals surface area contributed by atoms with Crippen LogP contribution in [0, 0.1) is 0 Å². The van der Waals surface area contributed by atoms with Crippen molar-refractivity contribution in [2.45, 2.75) is 18.9 Å². The highest BCUT2D eigenvalue weighted by Crippen LogP contribution is 2.26. The van der Waals surface area contributed by atoms with Crippen molar-refractivity contribution in [3.63, 3.8) is 0 Å². The van der Waals surface area contributed by atoms with Crippen LogP contribution in [0.5, 0.6) is 5.88 Å². The summed E-state index contributed by atoms with van der Waals surface area (Å²) in [6, 6.07) is 11.9. The predicted octanol–water partition coefficient (Wildman–Crippen LogP) is 3.26. The topological polar surface area (TPSA) is 54.9 Å². The quantitative estimate of drug-likeness (QED) is 0.787. The molecule has 1 aromatic heterocycles. The van der Waals surface area contributed by atoms with E-state index in [0.717, 1.165) is 25.9 Å². The van der Waals surface area contributed by atoms with Crippen LogP contribution in [0.1, 0.15) is 23.2 Å². The van der Waals surface area contributed by atoms with E-state index in [9.17, 15) is 4.79 Å². The van der Waals surface area contributed by atoms with E-state index in [4.69, 9.17) is 21.1 Å². The van der Waals surface area contributed by atoms with Gasteiger partial charge in [0, 0.05) is 50.9 Å². The second-order valence-electron chi connectivity index (χ2n) is 7.06. The van der Waals surface area contributed by atoms with Gasteiger partial charge >= 0.3 is 0 Å². The summed E-state index contributed by atoms with van der Waals surface area (Å²) in [5.74, 6) is 0.346. The lowest BCUT2D eigenvalue weighted by Crippen LogP contribution is -2.48. The fraction of sp³-hybridized carbons (Fsp3) is 0.429. The normalized spacial score (nSPS) is 18.2. The third-order valence-corrected chi connectivity index (χ3v) is 5.46. The van der Waals surface area contributed by atoms with Gasteiger partial charge < -0.3 is 19.3 Å². The number of para-hydroxylation sites is 1. The van der Waals surface area contributed by atoms with Gasteiger partial charge in [-0.05, 0) is 18.2 Å². The molecule has 0 N–H and O–H groups in total. The summed E-state index contributed by atoms with van der Waals surface area (Å²) in [6.45, 7) is 4.34. The maximum atomic E-state index is 12.8. The zero-order chi connectivity index (χ0) is 19.3. The van der Waals surface area contributed by atoms with Crippen LogP contribution < -0.4 is 9.64 Å². The van der Waals surface area contributed by atoms with E-state index in [-0.39, 0.29) is 12.0 Å². The van der Waals surface area contributed by atoms with E-state index in [2.05, 4.69) is 22.0 Å². The summed E-state index contributed by atoms with van der Waals surface area (Å²) in [5, 5.41) is 0.375. The van der Waals surface area contributed by atoms with Crippen LogP contribution >= 0.6 is 11.6 Å². The summed E-state index contributed by atoms with van der Waals surface area (Å²) in [4.78, 5) is 21.3. The Balaban J connectivity index is 1.36. The van der Waals surface area contributed by atoms with Gasteiger partial charge in [0.15, 0.2) is 0 Å². The van der Waals surface area contributed by atoms with E-state index in [1.165, 1.54) is 5.69 Å². The number of carbonyl (C=O) groups is 1. The van der Waals surface area contributed by atoms with E-state index in [1.807, 2.05) is 23.1 Å². The number of anilines is 1. The van der Waals surface area contributed by atoms with Crippen LogP contribution in [0.25, 0.3) is 0 Å². The maximum absolute atomic E-state index is 12.8. The Morgan fingerprint density at radius 3 is 2.50 bits per heavy atom. The second-order valence-corrected chi connectivity index (χ2v) is 7.46. The number of benzene rings is 1. The number of hydrogen-bond acceptors (Lipinski definition) is 5. The van der Waals surface area contributed by atoms with E-state index in [0.29, 0.717) is 42.8 Å². The number of piperazine rings is 1. The van der Waals surface area contributed by atoms with Crippen LogP contribution in [-0.2, 0) is 4.74 Å². The van der Waals surface area contributed by atoms with Crippen LogP contribution in [0.15, 0.2) is 42.6 Å². The molecule has 2 fully saturated rings. The van der Waals surface area contributed by atoms with Gasteiger partial charge in [-0.3, -0.25) is 4.79 Å². The molecule has 0 spiro atoms. The van der Waals surface area contributed by atoms with Crippen molar-refractivity contribution in [3.8, 4) is 5.88 Å². The molecule has 28 heavy (non-hydrogen) atoms. The minimum absolute atomic E-state index is 0.0419. The molecule has 0 atom stereocenters. The Hall–Kier alpha value is -2.31. The zero-order valence-corrected chi connectivity index (χ0v) is 16.5. The maximum Gasteiger partial charge on any atom is 0.255 e. The molecule has 0 bridgehead atoms. The second kappa shape index (κ2) is 8.80. The number of rotatable bonds is 4. The number of halogens is 1. The van der Waals surface area contributed by atoms with Crippen molar-refractivity contribution in [1.29, 1.82) is 0 Å². The molecule has 0 unspecified atom stereocenters. The van der Waals surface area contributed by atoms with Crippen molar-refractivity contribution < 1.29 is 14.3 Å². The average molecular weight is 402 g/mol. The molecule has 2 aromatic rings. The van der Waals surface area contributed by atoms with Gasteiger partial charge in [0.1, 0.15) is 11.1 Å². The van der Waals surface area contributed by atoms with Crippen molar-refractivity contribution in [1.82, 2.24) is 9.88 Å². The molecule has 1 amide bonds. The molecule has 0 radical (unpaired) electrons. The summed E-state index contributed by atoms with van der Waals surface area (Å²) in [7, 11) is 0. The number of hydrogen-bond donors (Lipinski definition) is 0. The lowest BCUT2D eigenvalue weighted by Gasteiger charge is -2.36. The average Bonchev–Trinajstić information content (AvgIpc) is 2.76. The molecule has 2 aliphatic rings. The highest BCUT2D eigenvalue weighted by molar-refractivity contribution is 6.32. The van der Waals surface area contributed by atoms with Gasteiger partial charge in [-0.2, -0.15) is 0 Å². The minimum Gasteiger partial charge on any atom is -0.473 e. The third-order valence-electron chi connectivity index (χ3n) is 5.19. The molecule has 0 aliphatic carbocycles. The largest absolute Gasteiger partial charge is 0.473 e. The van der Waals surface area contributed by atoms with Gasteiger partial charge in [0.25, 0.3) is 5.91 Å². The fourth-order valence-corrected chi connectivity index (χ4v) is 3.78. The predicted molar refractivity (Wildman–Crippen MR) is 108 cm³/mol. The molecule has 2 aliphatic heterocycles. The Morgan fingerprint density at radius 2 is 1.82 bits per heavy atom. The van der Waals surface area contributed by atoms with Crippen molar-refractivity contribution in [3.05, 3.63) is 53.2 Å². The van der Waals surface area contributed by atoms with Crippen LogP contribution in [0.4, 0.5) is 5.69 Å². The number of pyridine rings is 1. The fourth-order valence-electron chi connectivity index (χ4n) is 3.57. The number of carbonyl (C=O) groups excluding carboxylic acids is 1. The number of amides is 1. The van der Waals surface area contributed by atoms with Gasteiger partial charge in [0.2, 0.25) is 5.88 Å². The lowest BCUT2D eigenvalue weighted by atomic mass is 10.1. The Labute approximate surface area is 170 Å². The highest BCUT2D eigenvalue weighted by atomic mass is 35.5. The molecular weight excluding hydrogens is 378 g/mol. The van der Waals surface area contributed by atoms with Crippen LogP contribution in [-0.4, -0.2) is 61.3 Å².